The minimum absolute atomic E-state index is 0.0174. The van der Waals surface area contributed by atoms with Gasteiger partial charge in [0.15, 0.2) is 6.23 Å². The van der Waals surface area contributed by atoms with Crippen molar-refractivity contribution in [2.75, 3.05) is 0 Å². The van der Waals surface area contributed by atoms with Crippen LogP contribution in [0.4, 0.5) is 0 Å². The molecule has 0 radical (unpaired) electrons. The van der Waals surface area contributed by atoms with Gasteiger partial charge in [0.2, 0.25) is 0 Å². The van der Waals surface area contributed by atoms with E-state index in [-0.39, 0.29) is 23.2 Å². The van der Waals surface area contributed by atoms with Gasteiger partial charge >= 0.3 is 11.9 Å². The third-order valence-electron chi connectivity index (χ3n) is 9.03. The van der Waals surface area contributed by atoms with Crippen molar-refractivity contribution in [3.05, 3.63) is 35.9 Å². The number of carbonyl (C=O) groups excluding carboxylic acids is 3. The van der Waals surface area contributed by atoms with Gasteiger partial charge in [-0.1, -0.05) is 59.7 Å². The highest BCUT2D eigenvalue weighted by Crippen LogP contribution is 2.64. The lowest BCUT2D eigenvalue weighted by Gasteiger charge is -2.36. The molecule has 208 valence electrons. The lowest BCUT2D eigenvalue weighted by Crippen LogP contribution is -2.49. The van der Waals surface area contributed by atoms with Gasteiger partial charge in [-0.3, -0.25) is 14.7 Å². The molecule has 0 N–H and O–H groups in total. The van der Waals surface area contributed by atoms with Crippen LogP contribution < -0.4 is 0 Å². The first-order valence-corrected chi connectivity index (χ1v) is 13.8. The van der Waals surface area contributed by atoms with Gasteiger partial charge in [-0.05, 0) is 63.5 Å². The normalized spacial score (nSPS) is 30.4. The third kappa shape index (κ3) is 5.01. The van der Waals surface area contributed by atoms with Crippen molar-refractivity contribution in [2.45, 2.75) is 112 Å². The molecule has 0 spiro atoms. The maximum atomic E-state index is 13.8. The van der Waals surface area contributed by atoms with Crippen LogP contribution in [0.15, 0.2) is 35.3 Å². The smallest absolute Gasteiger partial charge is 0.331 e. The molecule has 2 unspecified atom stereocenters. The average molecular weight is 525 g/mol. The summed E-state index contributed by atoms with van der Waals surface area (Å²) in [5.74, 6) is -0.774. The zero-order valence-electron chi connectivity index (χ0n) is 24.5. The van der Waals surface area contributed by atoms with Gasteiger partial charge < -0.3 is 9.47 Å². The molecule has 1 aromatic rings. The molecule has 2 saturated carbocycles. The number of hydrogen-bond donors (Lipinski definition) is 0. The number of ether oxygens (including phenoxy) is 2. The largest absolute Gasteiger partial charge is 0.458 e. The molecule has 2 aliphatic carbocycles. The Bertz CT molecular complexity index is 1130. The highest BCUT2D eigenvalue weighted by molar-refractivity contribution is 5.99. The summed E-state index contributed by atoms with van der Waals surface area (Å²) in [5.41, 5.74) is 0.230. The molecule has 1 amide bonds. The molecule has 1 saturated heterocycles. The number of fused-ring (bicyclic) bond motifs is 2. The van der Waals surface area contributed by atoms with Crippen LogP contribution in [0, 0.1) is 22.2 Å². The highest BCUT2D eigenvalue weighted by Gasteiger charge is 2.60. The minimum Gasteiger partial charge on any atom is -0.458 e. The molecule has 3 fully saturated rings. The van der Waals surface area contributed by atoms with E-state index in [1.807, 2.05) is 47.6 Å². The number of amides is 1. The summed E-state index contributed by atoms with van der Waals surface area (Å²) in [6.45, 7) is 18.1. The second kappa shape index (κ2) is 9.49. The lowest BCUT2D eigenvalue weighted by atomic mass is 9.70. The van der Waals surface area contributed by atoms with Gasteiger partial charge in [-0.25, -0.2) is 9.59 Å². The Balaban J connectivity index is 1.73. The number of benzene rings is 1. The fourth-order valence-electron chi connectivity index (χ4n) is 6.40. The van der Waals surface area contributed by atoms with E-state index in [1.54, 1.807) is 24.3 Å². The Kier molecular flexibility index (Phi) is 7.07. The summed E-state index contributed by atoms with van der Waals surface area (Å²) < 4.78 is 11.6. The van der Waals surface area contributed by atoms with Crippen molar-refractivity contribution in [1.82, 2.24) is 4.90 Å². The second-order valence-corrected chi connectivity index (χ2v) is 14.1. The summed E-state index contributed by atoms with van der Waals surface area (Å²) in [7, 11) is 0. The van der Waals surface area contributed by atoms with Crippen molar-refractivity contribution in [3.63, 3.8) is 0 Å². The fourth-order valence-corrected chi connectivity index (χ4v) is 6.40. The molecular weight excluding hydrogens is 480 g/mol. The summed E-state index contributed by atoms with van der Waals surface area (Å²) in [4.78, 5) is 47.2. The maximum absolute atomic E-state index is 13.8. The molecule has 1 heterocycles. The van der Waals surface area contributed by atoms with E-state index >= 15 is 0 Å². The van der Waals surface area contributed by atoms with Crippen molar-refractivity contribution in [3.8, 4) is 0 Å². The standard InChI is InChI=1S/C31H44N2O5/c1-28(2,3)27-33(24(34)19-13-11-10-12-14-19)22(26(36)37-27)18-21(25(35)38-29(4,5)6)32-23-17-20-15-16-31(23,9)30(20,7)8/h10-14,20-22,27H,15-18H2,1-9H3/t20?,21-,22+,27+,31?/m1/s1. The summed E-state index contributed by atoms with van der Waals surface area (Å²) in [5, 5.41) is 0. The average Bonchev–Trinajstić information content (AvgIpc) is 3.32. The first-order chi connectivity index (χ1) is 17.5. The first kappa shape index (κ1) is 28.3. The monoisotopic (exact) mass is 524 g/mol. The van der Waals surface area contributed by atoms with Crippen LogP contribution in [0.5, 0.6) is 0 Å². The molecule has 1 aromatic carbocycles. The predicted molar refractivity (Wildman–Crippen MR) is 147 cm³/mol. The van der Waals surface area contributed by atoms with E-state index in [0.717, 1.165) is 25.0 Å². The van der Waals surface area contributed by atoms with E-state index in [0.29, 0.717) is 11.5 Å². The predicted octanol–water partition coefficient (Wildman–Crippen LogP) is 5.81. The number of hydrogen-bond acceptors (Lipinski definition) is 6. The van der Waals surface area contributed by atoms with Gasteiger partial charge in [0.05, 0.1) is 0 Å². The number of rotatable bonds is 5. The van der Waals surface area contributed by atoms with Crippen molar-refractivity contribution in [1.29, 1.82) is 0 Å². The Morgan fingerprint density at radius 1 is 1.11 bits per heavy atom. The molecule has 7 nitrogen and oxygen atoms in total. The third-order valence-corrected chi connectivity index (χ3v) is 9.03. The molecule has 2 bridgehead atoms. The summed E-state index contributed by atoms with van der Waals surface area (Å²) in [6, 6.07) is 7.01. The fraction of sp³-hybridized carbons (Fsp3) is 0.677. The van der Waals surface area contributed by atoms with Crippen LogP contribution in [0.25, 0.3) is 0 Å². The molecule has 5 atom stereocenters. The SMILES string of the molecule is CC(C)(C)OC(=O)[C@@H](C[C@H]1C(=O)O[C@@H](C(C)(C)C)N1C(=O)c1ccccc1)N=C1CC2CCC1(C)C2(C)C. The molecule has 7 heteroatoms. The summed E-state index contributed by atoms with van der Waals surface area (Å²) >= 11 is 0. The van der Waals surface area contributed by atoms with E-state index in [2.05, 4.69) is 20.8 Å². The number of aliphatic imine (C=N–C) groups is 1. The van der Waals surface area contributed by atoms with Crippen molar-refractivity contribution in [2.24, 2.45) is 27.2 Å². The van der Waals surface area contributed by atoms with E-state index in [4.69, 9.17) is 14.5 Å². The van der Waals surface area contributed by atoms with Crippen molar-refractivity contribution >= 4 is 23.6 Å². The van der Waals surface area contributed by atoms with Crippen LogP contribution >= 0.6 is 0 Å². The highest BCUT2D eigenvalue weighted by atomic mass is 16.6. The molecule has 1 aliphatic heterocycles. The lowest BCUT2D eigenvalue weighted by molar-refractivity contribution is -0.156. The van der Waals surface area contributed by atoms with Crippen LogP contribution in [0.1, 0.15) is 98.4 Å². The molecule has 38 heavy (non-hydrogen) atoms. The van der Waals surface area contributed by atoms with E-state index < -0.39 is 41.3 Å². The Hall–Kier alpha value is -2.70. The second-order valence-electron chi connectivity index (χ2n) is 14.1. The minimum atomic E-state index is -0.951. The first-order valence-electron chi connectivity index (χ1n) is 13.8. The molecule has 0 aromatic heterocycles. The molecular formula is C31H44N2O5. The zero-order valence-corrected chi connectivity index (χ0v) is 24.5. The summed E-state index contributed by atoms with van der Waals surface area (Å²) in [6.07, 6.45) is 2.28. The van der Waals surface area contributed by atoms with Crippen LogP contribution in [0.2, 0.25) is 0 Å². The van der Waals surface area contributed by atoms with Gasteiger partial charge in [0.1, 0.15) is 17.7 Å². The van der Waals surface area contributed by atoms with Gasteiger partial charge in [-0.15, -0.1) is 0 Å². The van der Waals surface area contributed by atoms with Crippen LogP contribution in [-0.2, 0) is 19.1 Å². The van der Waals surface area contributed by atoms with E-state index in [1.165, 1.54) is 4.90 Å². The Morgan fingerprint density at radius 3 is 2.24 bits per heavy atom. The quantitative estimate of drug-likeness (QED) is 0.454. The van der Waals surface area contributed by atoms with Gasteiger partial charge in [-0.2, -0.15) is 0 Å². The zero-order chi connectivity index (χ0) is 28.3. The van der Waals surface area contributed by atoms with Crippen LogP contribution in [0.3, 0.4) is 0 Å². The Morgan fingerprint density at radius 2 is 1.74 bits per heavy atom. The van der Waals surface area contributed by atoms with E-state index in [9.17, 15) is 14.4 Å². The molecule has 4 rings (SSSR count). The topological polar surface area (TPSA) is 85.3 Å². The number of cyclic esters (lactones) is 1. The van der Waals surface area contributed by atoms with Gasteiger partial charge in [0, 0.05) is 28.5 Å². The number of nitrogens with zero attached hydrogens (tertiary/aromatic N) is 2. The van der Waals surface area contributed by atoms with Crippen molar-refractivity contribution < 1.29 is 23.9 Å². The number of esters is 2. The maximum Gasteiger partial charge on any atom is 0.331 e. The van der Waals surface area contributed by atoms with Gasteiger partial charge in [0.25, 0.3) is 5.91 Å². The Labute approximate surface area is 227 Å². The molecule has 3 aliphatic rings. The number of carbonyl (C=O) groups is 3. The van der Waals surface area contributed by atoms with Crippen LogP contribution in [-0.4, -0.2) is 52.4 Å².